The maximum atomic E-state index is 13.5. The molecule has 17 heavy (non-hydrogen) atoms. The van der Waals surface area contributed by atoms with E-state index >= 15 is 0 Å². The van der Waals surface area contributed by atoms with Crippen LogP contribution in [0.3, 0.4) is 0 Å². The zero-order chi connectivity index (χ0) is 12.4. The second kappa shape index (κ2) is 4.65. The van der Waals surface area contributed by atoms with E-state index in [1.165, 1.54) is 6.07 Å². The van der Waals surface area contributed by atoms with Gasteiger partial charge in [-0.05, 0) is 24.1 Å². The van der Waals surface area contributed by atoms with E-state index in [0.29, 0.717) is 5.56 Å². The number of aryl methyl sites for hydroxylation is 2. The van der Waals surface area contributed by atoms with Crippen molar-refractivity contribution < 1.29 is 4.39 Å². The summed E-state index contributed by atoms with van der Waals surface area (Å²) in [5, 5.41) is 0. The molecule has 5 heteroatoms. The molecule has 3 N–H and O–H groups in total. The van der Waals surface area contributed by atoms with Gasteiger partial charge in [0.25, 0.3) is 0 Å². The number of nitrogens with zero attached hydrogens (tertiary/aromatic N) is 2. The monoisotopic (exact) mass is 234 g/mol. The molecule has 1 heterocycles. The van der Waals surface area contributed by atoms with E-state index in [0.717, 1.165) is 11.3 Å². The summed E-state index contributed by atoms with van der Waals surface area (Å²) >= 11 is 0. The first-order valence-corrected chi connectivity index (χ1v) is 5.32. The number of hydrazine groups is 1. The first-order chi connectivity index (χ1) is 8.11. The molecular weight excluding hydrogens is 219 g/mol. The van der Waals surface area contributed by atoms with Crippen LogP contribution in [0.4, 0.5) is 4.39 Å². The Labute approximate surface area is 99.2 Å². The van der Waals surface area contributed by atoms with E-state index in [1.807, 2.05) is 23.9 Å². The summed E-state index contributed by atoms with van der Waals surface area (Å²) in [6, 6.07) is 4.76. The molecule has 0 amide bonds. The third kappa shape index (κ3) is 2.35. The summed E-state index contributed by atoms with van der Waals surface area (Å²) in [6.07, 6.45) is 3.53. The average molecular weight is 234 g/mol. The van der Waals surface area contributed by atoms with Gasteiger partial charge in [0.1, 0.15) is 5.82 Å². The molecule has 0 bridgehead atoms. The number of benzene rings is 1. The van der Waals surface area contributed by atoms with Crippen LogP contribution in [0.5, 0.6) is 0 Å². The molecule has 0 saturated heterocycles. The van der Waals surface area contributed by atoms with E-state index in [9.17, 15) is 4.39 Å². The van der Waals surface area contributed by atoms with Crippen LogP contribution in [-0.2, 0) is 7.05 Å². The second-order valence-corrected chi connectivity index (χ2v) is 4.07. The maximum absolute atomic E-state index is 13.5. The van der Waals surface area contributed by atoms with Crippen molar-refractivity contribution in [2.75, 3.05) is 0 Å². The van der Waals surface area contributed by atoms with Gasteiger partial charge in [0.05, 0.1) is 18.1 Å². The Kier molecular flexibility index (Phi) is 3.21. The highest BCUT2D eigenvalue weighted by Crippen LogP contribution is 2.21. The zero-order valence-electron chi connectivity index (χ0n) is 9.81. The number of nitrogens with two attached hydrogens (primary N) is 1. The second-order valence-electron chi connectivity index (χ2n) is 4.07. The Morgan fingerprint density at radius 3 is 2.76 bits per heavy atom. The summed E-state index contributed by atoms with van der Waals surface area (Å²) in [7, 11) is 1.87. The Hall–Kier alpha value is -1.72. The molecule has 1 unspecified atom stereocenters. The molecule has 0 aliphatic heterocycles. The molecule has 0 aliphatic carbocycles. The van der Waals surface area contributed by atoms with Gasteiger partial charge in [0.15, 0.2) is 0 Å². The van der Waals surface area contributed by atoms with Crippen molar-refractivity contribution >= 4 is 0 Å². The number of hydrogen-bond donors (Lipinski definition) is 2. The highest BCUT2D eigenvalue weighted by molar-refractivity contribution is 5.30. The summed E-state index contributed by atoms with van der Waals surface area (Å²) in [5.74, 6) is 5.28. The topological polar surface area (TPSA) is 55.9 Å². The van der Waals surface area contributed by atoms with Gasteiger partial charge in [-0.3, -0.25) is 5.84 Å². The fraction of sp³-hybridized carbons (Fsp3) is 0.250. The van der Waals surface area contributed by atoms with Gasteiger partial charge in [-0.2, -0.15) is 0 Å². The first kappa shape index (κ1) is 11.8. The molecular formula is C12H15FN4. The molecule has 2 aromatic rings. The summed E-state index contributed by atoms with van der Waals surface area (Å²) in [6.45, 7) is 1.73. The van der Waals surface area contributed by atoms with E-state index in [2.05, 4.69) is 10.4 Å². The lowest BCUT2D eigenvalue weighted by molar-refractivity contribution is 0.594. The Morgan fingerprint density at radius 2 is 2.24 bits per heavy atom. The van der Waals surface area contributed by atoms with E-state index in [1.54, 1.807) is 19.3 Å². The summed E-state index contributed by atoms with van der Waals surface area (Å²) in [5.41, 5.74) is 4.79. The van der Waals surface area contributed by atoms with Gasteiger partial charge in [0.2, 0.25) is 0 Å². The fourth-order valence-corrected chi connectivity index (χ4v) is 1.72. The zero-order valence-corrected chi connectivity index (χ0v) is 9.81. The standard InChI is InChI=1S/C12H15FN4/c1-8-3-4-9(5-10(8)13)12(16-14)11-6-17(2)7-15-11/h3-7,12,16H,14H2,1-2H3. The number of rotatable bonds is 3. The van der Waals surface area contributed by atoms with Crippen molar-refractivity contribution in [1.29, 1.82) is 0 Å². The smallest absolute Gasteiger partial charge is 0.126 e. The number of aromatic nitrogens is 2. The molecule has 0 aliphatic rings. The fourth-order valence-electron chi connectivity index (χ4n) is 1.72. The lowest BCUT2D eigenvalue weighted by Crippen LogP contribution is -2.29. The van der Waals surface area contributed by atoms with Crippen LogP contribution >= 0.6 is 0 Å². The van der Waals surface area contributed by atoms with Crippen LogP contribution in [0.15, 0.2) is 30.7 Å². The van der Waals surface area contributed by atoms with Gasteiger partial charge in [0, 0.05) is 13.2 Å². The van der Waals surface area contributed by atoms with Crippen molar-refractivity contribution in [2.24, 2.45) is 12.9 Å². The maximum Gasteiger partial charge on any atom is 0.126 e. The number of halogens is 1. The normalized spacial score (nSPS) is 12.7. The van der Waals surface area contributed by atoms with Crippen molar-refractivity contribution in [3.8, 4) is 0 Å². The van der Waals surface area contributed by atoms with Crippen LogP contribution in [0.2, 0.25) is 0 Å². The predicted octanol–water partition coefficient (Wildman–Crippen LogP) is 1.42. The molecule has 4 nitrogen and oxygen atoms in total. The number of hydrogen-bond acceptors (Lipinski definition) is 3. The minimum atomic E-state index is -0.300. The van der Waals surface area contributed by atoms with Gasteiger partial charge in [-0.25, -0.2) is 14.8 Å². The molecule has 90 valence electrons. The van der Waals surface area contributed by atoms with Crippen molar-refractivity contribution in [3.05, 3.63) is 53.4 Å². The largest absolute Gasteiger partial charge is 0.340 e. The minimum Gasteiger partial charge on any atom is -0.340 e. The third-order valence-electron chi connectivity index (χ3n) is 2.72. The lowest BCUT2D eigenvalue weighted by Gasteiger charge is -2.14. The van der Waals surface area contributed by atoms with Gasteiger partial charge in [-0.15, -0.1) is 0 Å². The number of nitrogens with one attached hydrogen (secondary N) is 1. The third-order valence-corrected chi connectivity index (χ3v) is 2.72. The van der Waals surface area contributed by atoms with E-state index < -0.39 is 0 Å². The SMILES string of the molecule is Cc1ccc(C(NN)c2cn(C)cn2)cc1F. The van der Waals surface area contributed by atoms with E-state index in [4.69, 9.17) is 5.84 Å². The Morgan fingerprint density at radius 1 is 1.47 bits per heavy atom. The summed E-state index contributed by atoms with van der Waals surface area (Å²) < 4.78 is 15.3. The molecule has 0 saturated carbocycles. The van der Waals surface area contributed by atoms with Gasteiger partial charge in [-0.1, -0.05) is 12.1 Å². The Balaban J connectivity index is 2.38. The molecule has 0 fully saturated rings. The molecule has 1 aromatic carbocycles. The Bertz CT molecular complexity index is 521. The van der Waals surface area contributed by atoms with E-state index in [-0.39, 0.29) is 11.9 Å². The molecule has 2 rings (SSSR count). The lowest BCUT2D eigenvalue weighted by atomic mass is 10.0. The molecule has 0 radical (unpaired) electrons. The average Bonchev–Trinajstić information content (AvgIpc) is 2.71. The van der Waals surface area contributed by atoms with Crippen LogP contribution < -0.4 is 11.3 Å². The van der Waals surface area contributed by atoms with Gasteiger partial charge < -0.3 is 4.57 Å². The molecule has 1 atom stereocenters. The number of imidazole rings is 1. The van der Waals surface area contributed by atoms with Crippen LogP contribution in [0, 0.1) is 12.7 Å². The van der Waals surface area contributed by atoms with Crippen molar-refractivity contribution in [1.82, 2.24) is 15.0 Å². The predicted molar refractivity (Wildman–Crippen MR) is 63.5 cm³/mol. The van der Waals surface area contributed by atoms with Crippen molar-refractivity contribution in [3.63, 3.8) is 0 Å². The van der Waals surface area contributed by atoms with Gasteiger partial charge >= 0.3 is 0 Å². The molecule has 0 spiro atoms. The first-order valence-electron chi connectivity index (χ1n) is 5.32. The minimum absolute atomic E-state index is 0.237. The molecule has 1 aromatic heterocycles. The van der Waals surface area contributed by atoms with Crippen LogP contribution in [-0.4, -0.2) is 9.55 Å². The summed E-state index contributed by atoms with van der Waals surface area (Å²) in [4.78, 5) is 4.21. The highest BCUT2D eigenvalue weighted by Gasteiger charge is 2.15. The van der Waals surface area contributed by atoms with Crippen LogP contribution in [0.25, 0.3) is 0 Å². The van der Waals surface area contributed by atoms with Crippen LogP contribution in [0.1, 0.15) is 22.9 Å². The quantitative estimate of drug-likeness (QED) is 0.624. The van der Waals surface area contributed by atoms with Crippen molar-refractivity contribution in [2.45, 2.75) is 13.0 Å². The highest BCUT2D eigenvalue weighted by atomic mass is 19.1.